The Bertz CT molecular complexity index is 626. The molecule has 4 nitrogen and oxygen atoms in total. The van der Waals surface area contributed by atoms with Crippen LogP contribution in [0.2, 0.25) is 0 Å². The Morgan fingerprint density at radius 2 is 2.19 bits per heavy atom. The Balaban J connectivity index is 2.38. The molecule has 0 fully saturated rings. The van der Waals surface area contributed by atoms with Gasteiger partial charge in [-0.05, 0) is 24.3 Å². The monoisotopic (exact) mass is 235 g/mol. The fourth-order valence-electron chi connectivity index (χ4n) is 1.92. The highest BCUT2D eigenvalue weighted by molar-refractivity contribution is 7.99. The van der Waals surface area contributed by atoms with Gasteiger partial charge in [-0.25, -0.2) is 4.79 Å². The van der Waals surface area contributed by atoms with Crippen molar-refractivity contribution in [1.29, 1.82) is 0 Å². The van der Waals surface area contributed by atoms with Gasteiger partial charge in [0.15, 0.2) is 11.4 Å². The number of carbonyl (C=O) groups excluding carboxylic acids is 1. The summed E-state index contributed by atoms with van der Waals surface area (Å²) in [5.41, 5.74) is 1.57. The number of carbonyl (C=O) groups is 1. The van der Waals surface area contributed by atoms with Crippen molar-refractivity contribution < 1.29 is 9.21 Å². The molecule has 2 heterocycles. The van der Waals surface area contributed by atoms with Gasteiger partial charge in [-0.1, -0.05) is 0 Å². The smallest absolute Gasteiger partial charge is 0.407 e. The fourth-order valence-corrected chi connectivity index (χ4v) is 2.95. The Labute approximate surface area is 95.0 Å². The SMILES string of the molecule is O=C1CCCSc2ccc3[nH]c(=O)oc3c21. The van der Waals surface area contributed by atoms with E-state index in [1.54, 1.807) is 17.8 Å². The molecule has 1 aromatic carbocycles. The third kappa shape index (κ3) is 1.39. The summed E-state index contributed by atoms with van der Waals surface area (Å²) in [5.74, 6) is 0.484. The number of aromatic nitrogens is 1. The molecule has 1 aliphatic heterocycles. The quantitative estimate of drug-likeness (QED) is 0.760. The maximum absolute atomic E-state index is 11.9. The lowest BCUT2D eigenvalue weighted by molar-refractivity contribution is 0.0981. The normalized spacial score (nSPS) is 16.1. The van der Waals surface area contributed by atoms with Crippen molar-refractivity contribution in [3.63, 3.8) is 0 Å². The lowest BCUT2D eigenvalue weighted by Crippen LogP contribution is -1.99. The molecule has 0 saturated carbocycles. The molecule has 0 unspecified atom stereocenters. The molecule has 1 aromatic heterocycles. The summed E-state index contributed by atoms with van der Waals surface area (Å²) in [4.78, 5) is 26.5. The van der Waals surface area contributed by atoms with Crippen molar-refractivity contribution in [3.8, 4) is 0 Å². The molecular formula is C11H9NO3S. The summed E-state index contributed by atoms with van der Waals surface area (Å²) in [6.07, 6.45) is 1.39. The number of ketones is 1. The van der Waals surface area contributed by atoms with Crippen LogP contribution in [0.5, 0.6) is 0 Å². The van der Waals surface area contributed by atoms with Gasteiger partial charge in [-0.2, -0.15) is 0 Å². The molecule has 1 N–H and O–H groups in total. The predicted molar refractivity (Wildman–Crippen MR) is 61.1 cm³/mol. The largest absolute Gasteiger partial charge is 0.417 e. The van der Waals surface area contributed by atoms with Gasteiger partial charge < -0.3 is 4.42 Å². The summed E-state index contributed by atoms with van der Waals surface area (Å²) in [6, 6.07) is 3.65. The highest BCUT2D eigenvalue weighted by Crippen LogP contribution is 2.33. The number of hydrogen-bond acceptors (Lipinski definition) is 4. The second-order valence-corrected chi connectivity index (χ2v) is 4.84. The van der Waals surface area contributed by atoms with E-state index in [9.17, 15) is 9.59 Å². The third-order valence-corrected chi connectivity index (χ3v) is 3.78. The summed E-state index contributed by atoms with van der Waals surface area (Å²) in [5, 5.41) is 0. The maximum Gasteiger partial charge on any atom is 0.417 e. The molecule has 82 valence electrons. The van der Waals surface area contributed by atoms with Crippen LogP contribution >= 0.6 is 11.8 Å². The number of H-pyrrole nitrogens is 1. The fraction of sp³-hybridized carbons (Fsp3) is 0.273. The lowest BCUT2D eigenvalue weighted by atomic mass is 10.1. The first-order chi connectivity index (χ1) is 7.75. The minimum Gasteiger partial charge on any atom is -0.407 e. The first kappa shape index (κ1) is 9.72. The first-order valence-electron chi connectivity index (χ1n) is 5.07. The predicted octanol–water partition coefficient (Wildman–Crippen LogP) is 2.19. The van der Waals surface area contributed by atoms with Crippen molar-refractivity contribution in [2.45, 2.75) is 17.7 Å². The van der Waals surface area contributed by atoms with Gasteiger partial charge >= 0.3 is 5.76 Å². The van der Waals surface area contributed by atoms with Crippen LogP contribution in [0.3, 0.4) is 0 Å². The van der Waals surface area contributed by atoms with Crippen LogP contribution in [0, 0.1) is 0 Å². The Kier molecular flexibility index (Phi) is 2.14. The molecule has 5 heteroatoms. The van der Waals surface area contributed by atoms with Gasteiger partial charge in [0.05, 0.1) is 11.1 Å². The van der Waals surface area contributed by atoms with E-state index < -0.39 is 5.76 Å². The van der Waals surface area contributed by atoms with E-state index in [-0.39, 0.29) is 5.78 Å². The number of thioether (sulfide) groups is 1. The molecule has 16 heavy (non-hydrogen) atoms. The van der Waals surface area contributed by atoms with E-state index in [4.69, 9.17) is 4.42 Å². The van der Waals surface area contributed by atoms with Crippen LogP contribution in [-0.2, 0) is 0 Å². The summed E-state index contributed by atoms with van der Waals surface area (Å²) >= 11 is 1.64. The van der Waals surface area contributed by atoms with Gasteiger partial charge in [0.25, 0.3) is 0 Å². The molecular weight excluding hydrogens is 226 g/mol. The second-order valence-electron chi connectivity index (χ2n) is 3.71. The minimum atomic E-state index is -0.509. The zero-order valence-corrected chi connectivity index (χ0v) is 9.23. The number of Topliss-reactive ketones (excluding diaryl/α,β-unsaturated/α-hetero) is 1. The molecule has 0 radical (unpaired) electrons. The lowest BCUT2D eigenvalue weighted by Gasteiger charge is -2.02. The second kappa shape index (κ2) is 3.52. The topological polar surface area (TPSA) is 63.1 Å². The number of nitrogens with one attached hydrogen (secondary N) is 1. The van der Waals surface area contributed by atoms with Crippen molar-refractivity contribution >= 4 is 28.6 Å². The summed E-state index contributed by atoms with van der Waals surface area (Å²) in [6.45, 7) is 0. The molecule has 0 bridgehead atoms. The van der Waals surface area contributed by atoms with E-state index in [0.717, 1.165) is 17.1 Å². The zero-order valence-electron chi connectivity index (χ0n) is 8.41. The molecule has 0 saturated heterocycles. The number of oxazole rings is 1. The zero-order chi connectivity index (χ0) is 11.1. The first-order valence-corrected chi connectivity index (χ1v) is 6.06. The van der Waals surface area contributed by atoms with Crippen molar-refractivity contribution in [1.82, 2.24) is 4.98 Å². The number of rotatable bonds is 0. The van der Waals surface area contributed by atoms with Crippen LogP contribution in [-0.4, -0.2) is 16.5 Å². The number of fused-ring (bicyclic) bond motifs is 3. The number of benzene rings is 1. The Hall–Kier alpha value is -1.49. The maximum atomic E-state index is 11.9. The Morgan fingerprint density at radius 3 is 3.06 bits per heavy atom. The summed E-state index contributed by atoms with van der Waals surface area (Å²) in [7, 11) is 0. The number of hydrogen-bond donors (Lipinski definition) is 1. The van der Waals surface area contributed by atoms with E-state index >= 15 is 0 Å². The number of aromatic amines is 1. The molecule has 0 aliphatic carbocycles. The van der Waals surface area contributed by atoms with Crippen LogP contribution in [0.25, 0.3) is 11.1 Å². The molecule has 0 atom stereocenters. The molecule has 0 amide bonds. The van der Waals surface area contributed by atoms with E-state index in [2.05, 4.69) is 4.98 Å². The van der Waals surface area contributed by atoms with Crippen molar-refractivity contribution in [2.75, 3.05) is 5.75 Å². The average molecular weight is 235 g/mol. The molecule has 2 aromatic rings. The molecule has 3 rings (SSSR count). The van der Waals surface area contributed by atoms with Gasteiger partial charge in [-0.15, -0.1) is 11.8 Å². The highest BCUT2D eigenvalue weighted by atomic mass is 32.2. The van der Waals surface area contributed by atoms with E-state index in [0.29, 0.717) is 23.1 Å². The van der Waals surface area contributed by atoms with Gasteiger partial charge in [0.2, 0.25) is 0 Å². The molecule has 0 spiro atoms. The van der Waals surface area contributed by atoms with E-state index in [1.807, 2.05) is 6.07 Å². The van der Waals surface area contributed by atoms with Crippen LogP contribution in [0.4, 0.5) is 0 Å². The summed E-state index contributed by atoms with van der Waals surface area (Å²) < 4.78 is 5.05. The van der Waals surface area contributed by atoms with Gasteiger partial charge in [0, 0.05) is 11.3 Å². The standard InChI is InChI=1S/C11H9NO3S/c13-7-2-1-5-16-8-4-3-6-10(9(7)8)15-11(14)12-6/h3-4H,1-2,5H2,(H,12,14). The van der Waals surface area contributed by atoms with E-state index in [1.165, 1.54) is 0 Å². The average Bonchev–Trinajstić information content (AvgIpc) is 2.53. The third-order valence-electron chi connectivity index (χ3n) is 2.64. The van der Waals surface area contributed by atoms with Crippen LogP contribution in [0.15, 0.2) is 26.2 Å². The van der Waals surface area contributed by atoms with Gasteiger partial charge in [0.1, 0.15) is 0 Å². The van der Waals surface area contributed by atoms with Crippen molar-refractivity contribution in [3.05, 3.63) is 28.2 Å². The molecule has 1 aliphatic rings. The Morgan fingerprint density at radius 1 is 1.31 bits per heavy atom. The van der Waals surface area contributed by atoms with Crippen LogP contribution < -0.4 is 5.76 Å². The highest BCUT2D eigenvalue weighted by Gasteiger charge is 2.21. The minimum absolute atomic E-state index is 0.0633. The van der Waals surface area contributed by atoms with Crippen molar-refractivity contribution in [2.24, 2.45) is 0 Å². The van der Waals surface area contributed by atoms with Gasteiger partial charge in [-0.3, -0.25) is 9.78 Å². The van der Waals surface area contributed by atoms with Crippen LogP contribution in [0.1, 0.15) is 23.2 Å².